The van der Waals surface area contributed by atoms with Gasteiger partial charge in [0, 0.05) is 19.9 Å². The third-order valence-electron chi connectivity index (χ3n) is 1.99. The Morgan fingerprint density at radius 1 is 1.64 bits per heavy atom. The molecule has 0 fully saturated rings. The van der Waals surface area contributed by atoms with Gasteiger partial charge in [0.05, 0.1) is 18.8 Å². The fourth-order valence-electron chi connectivity index (χ4n) is 1.16. The lowest BCUT2D eigenvalue weighted by molar-refractivity contribution is 0.0918. The van der Waals surface area contributed by atoms with Crippen LogP contribution in [0, 0.1) is 0 Å². The highest BCUT2D eigenvalue weighted by molar-refractivity contribution is 5.95. The zero-order valence-corrected chi connectivity index (χ0v) is 8.62. The van der Waals surface area contributed by atoms with Gasteiger partial charge in [-0.3, -0.25) is 9.69 Å². The maximum absolute atomic E-state index is 11.6. The molecule has 0 amide bonds. The number of hydrogen-bond donors (Lipinski definition) is 1. The molecule has 0 aliphatic heterocycles. The molecular weight excluding hydrogens is 180 g/mol. The van der Waals surface area contributed by atoms with Crippen LogP contribution in [0.2, 0.25) is 0 Å². The van der Waals surface area contributed by atoms with Crippen molar-refractivity contribution in [3.05, 3.63) is 24.0 Å². The van der Waals surface area contributed by atoms with E-state index >= 15 is 0 Å². The lowest BCUT2D eigenvalue weighted by Gasteiger charge is -2.14. The van der Waals surface area contributed by atoms with Crippen LogP contribution in [0.4, 0.5) is 0 Å². The molecule has 4 heteroatoms. The molecule has 1 N–H and O–H groups in total. The first-order chi connectivity index (χ1) is 6.74. The van der Waals surface area contributed by atoms with Crippen LogP contribution < -0.4 is 0 Å². The van der Waals surface area contributed by atoms with E-state index in [0.717, 1.165) is 6.54 Å². The van der Waals surface area contributed by atoms with E-state index in [1.165, 1.54) is 0 Å². The maximum atomic E-state index is 11.6. The van der Waals surface area contributed by atoms with Gasteiger partial charge in [-0.05, 0) is 19.2 Å². The second kappa shape index (κ2) is 5.57. The van der Waals surface area contributed by atoms with E-state index in [9.17, 15) is 4.79 Å². The first-order valence-electron chi connectivity index (χ1n) is 4.58. The number of methoxy groups -OCH3 is 1. The minimum atomic E-state index is 0.105. The summed E-state index contributed by atoms with van der Waals surface area (Å²) in [7, 11) is 3.56. The average molecular weight is 196 g/mol. The molecule has 1 heterocycles. The summed E-state index contributed by atoms with van der Waals surface area (Å²) in [6.45, 7) is 1.83. The van der Waals surface area contributed by atoms with Crippen LogP contribution in [0.5, 0.6) is 0 Å². The predicted octanol–water partition coefficient (Wildman–Crippen LogP) is 0.776. The SMILES string of the molecule is COCCN(C)CC(=O)c1ccc[nH]1. The molecular formula is C10H16N2O2. The first-order valence-corrected chi connectivity index (χ1v) is 4.58. The average Bonchev–Trinajstić information content (AvgIpc) is 2.67. The Labute approximate surface area is 83.9 Å². The number of ketones is 1. The Morgan fingerprint density at radius 3 is 3.00 bits per heavy atom. The number of aromatic nitrogens is 1. The van der Waals surface area contributed by atoms with Crippen molar-refractivity contribution in [1.29, 1.82) is 0 Å². The first kappa shape index (κ1) is 10.9. The summed E-state index contributed by atoms with van der Waals surface area (Å²) in [5, 5.41) is 0. The number of nitrogens with one attached hydrogen (secondary N) is 1. The molecule has 0 saturated heterocycles. The summed E-state index contributed by atoms with van der Waals surface area (Å²) in [6, 6.07) is 3.61. The Hall–Kier alpha value is -1.13. The van der Waals surface area contributed by atoms with E-state index in [-0.39, 0.29) is 5.78 Å². The Bertz CT molecular complexity index is 270. The van der Waals surface area contributed by atoms with Crippen LogP contribution in [0.15, 0.2) is 18.3 Å². The molecule has 1 rings (SSSR count). The maximum Gasteiger partial charge on any atom is 0.192 e. The third-order valence-corrected chi connectivity index (χ3v) is 1.99. The van der Waals surface area contributed by atoms with Crippen molar-refractivity contribution >= 4 is 5.78 Å². The molecule has 4 nitrogen and oxygen atoms in total. The highest BCUT2D eigenvalue weighted by atomic mass is 16.5. The van der Waals surface area contributed by atoms with Crippen LogP contribution in [-0.2, 0) is 4.74 Å². The summed E-state index contributed by atoms with van der Waals surface area (Å²) in [5.41, 5.74) is 0.661. The van der Waals surface area contributed by atoms with Crippen LogP contribution in [0.3, 0.4) is 0 Å². The topological polar surface area (TPSA) is 45.3 Å². The molecule has 0 saturated carbocycles. The highest BCUT2D eigenvalue weighted by Crippen LogP contribution is 1.97. The van der Waals surface area contributed by atoms with E-state index in [1.54, 1.807) is 19.4 Å². The van der Waals surface area contributed by atoms with Gasteiger partial charge in [0.25, 0.3) is 0 Å². The van der Waals surface area contributed by atoms with Gasteiger partial charge in [0.2, 0.25) is 0 Å². The molecule has 0 aromatic carbocycles. The van der Waals surface area contributed by atoms with Gasteiger partial charge in [-0.2, -0.15) is 0 Å². The molecule has 1 aromatic rings. The zero-order valence-electron chi connectivity index (χ0n) is 8.62. The van der Waals surface area contributed by atoms with Gasteiger partial charge >= 0.3 is 0 Å². The summed E-state index contributed by atoms with van der Waals surface area (Å²) in [6.07, 6.45) is 1.75. The van der Waals surface area contributed by atoms with Crippen molar-refractivity contribution in [3.8, 4) is 0 Å². The van der Waals surface area contributed by atoms with Gasteiger partial charge < -0.3 is 9.72 Å². The summed E-state index contributed by atoms with van der Waals surface area (Å²) in [4.78, 5) is 16.4. The number of carbonyl (C=O) groups is 1. The standard InChI is InChI=1S/C10H16N2O2/c1-12(6-7-14-2)8-10(13)9-4-3-5-11-9/h3-5,11H,6-8H2,1-2H3. The fourth-order valence-corrected chi connectivity index (χ4v) is 1.16. The van der Waals surface area contributed by atoms with Gasteiger partial charge in [-0.25, -0.2) is 0 Å². The Kier molecular flexibility index (Phi) is 4.35. The lowest BCUT2D eigenvalue weighted by atomic mass is 10.3. The van der Waals surface area contributed by atoms with Crippen LogP contribution in [0.1, 0.15) is 10.5 Å². The van der Waals surface area contributed by atoms with E-state index < -0.39 is 0 Å². The van der Waals surface area contributed by atoms with Crippen molar-refractivity contribution in [2.45, 2.75) is 0 Å². The smallest absolute Gasteiger partial charge is 0.192 e. The number of rotatable bonds is 6. The predicted molar refractivity (Wildman–Crippen MR) is 54.5 cm³/mol. The van der Waals surface area contributed by atoms with Crippen LogP contribution >= 0.6 is 0 Å². The Balaban J connectivity index is 2.34. The Morgan fingerprint density at radius 2 is 2.43 bits per heavy atom. The van der Waals surface area contributed by atoms with Crippen molar-refractivity contribution in [2.75, 3.05) is 33.9 Å². The molecule has 78 valence electrons. The van der Waals surface area contributed by atoms with Crippen LogP contribution in [0.25, 0.3) is 0 Å². The number of hydrogen-bond acceptors (Lipinski definition) is 3. The van der Waals surface area contributed by atoms with Crippen molar-refractivity contribution < 1.29 is 9.53 Å². The fraction of sp³-hybridized carbons (Fsp3) is 0.500. The summed E-state index contributed by atoms with van der Waals surface area (Å²) in [5.74, 6) is 0.105. The summed E-state index contributed by atoms with van der Waals surface area (Å²) >= 11 is 0. The third kappa shape index (κ3) is 3.32. The number of H-pyrrole nitrogens is 1. The van der Waals surface area contributed by atoms with Crippen LogP contribution in [-0.4, -0.2) is 49.5 Å². The molecule has 0 atom stereocenters. The van der Waals surface area contributed by atoms with Gasteiger partial charge in [-0.1, -0.05) is 0 Å². The minimum absolute atomic E-state index is 0.105. The number of likely N-dealkylation sites (N-methyl/N-ethyl adjacent to an activating group) is 1. The second-order valence-corrected chi connectivity index (χ2v) is 3.24. The molecule has 0 unspecified atom stereocenters. The number of Topliss-reactive ketones (excluding diaryl/α,β-unsaturated/α-hetero) is 1. The van der Waals surface area contributed by atoms with E-state index in [1.807, 2.05) is 18.0 Å². The number of aromatic amines is 1. The zero-order chi connectivity index (χ0) is 10.4. The molecule has 0 aliphatic carbocycles. The minimum Gasteiger partial charge on any atom is -0.383 e. The molecule has 0 aliphatic rings. The van der Waals surface area contributed by atoms with Gasteiger partial charge in [-0.15, -0.1) is 0 Å². The van der Waals surface area contributed by atoms with Crippen molar-refractivity contribution in [2.24, 2.45) is 0 Å². The summed E-state index contributed by atoms with van der Waals surface area (Å²) < 4.78 is 4.92. The van der Waals surface area contributed by atoms with Gasteiger partial charge in [0.1, 0.15) is 0 Å². The normalized spacial score (nSPS) is 10.8. The van der Waals surface area contributed by atoms with Crippen molar-refractivity contribution in [3.63, 3.8) is 0 Å². The number of nitrogens with zero attached hydrogens (tertiary/aromatic N) is 1. The molecule has 1 aromatic heterocycles. The highest BCUT2D eigenvalue weighted by Gasteiger charge is 2.08. The molecule has 0 radical (unpaired) electrons. The second-order valence-electron chi connectivity index (χ2n) is 3.24. The van der Waals surface area contributed by atoms with Gasteiger partial charge in [0.15, 0.2) is 5.78 Å². The molecule has 14 heavy (non-hydrogen) atoms. The van der Waals surface area contributed by atoms with Crippen molar-refractivity contribution in [1.82, 2.24) is 9.88 Å². The van der Waals surface area contributed by atoms with E-state index in [2.05, 4.69) is 4.98 Å². The lowest BCUT2D eigenvalue weighted by Crippen LogP contribution is -2.29. The quantitative estimate of drug-likeness (QED) is 0.684. The number of carbonyl (C=O) groups excluding carboxylic acids is 1. The van der Waals surface area contributed by atoms with E-state index in [4.69, 9.17) is 4.74 Å². The molecule has 0 bridgehead atoms. The largest absolute Gasteiger partial charge is 0.383 e. The monoisotopic (exact) mass is 196 g/mol. The molecule has 0 spiro atoms. The number of ether oxygens (including phenoxy) is 1. The van der Waals surface area contributed by atoms with E-state index in [0.29, 0.717) is 18.8 Å².